The van der Waals surface area contributed by atoms with Crippen LogP contribution in [0.25, 0.3) is 10.9 Å². The first-order valence-electron chi connectivity index (χ1n) is 8.31. The van der Waals surface area contributed by atoms with E-state index >= 15 is 0 Å². The van der Waals surface area contributed by atoms with Gasteiger partial charge in [-0.2, -0.15) is 0 Å². The van der Waals surface area contributed by atoms with Crippen LogP contribution in [0.3, 0.4) is 0 Å². The van der Waals surface area contributed by atoms with Gasteiger partial charge in [0.15, 0.2) is 0 Å². The Labute approximate surface area is 156 Å². The fraction of sp³-hybridized carbons (Fsp3) is 0.263. The molecule has 0 spiro atoms. The first kappa shape index (κ1) is 18.1. The van der Waals surface area contributed by atoms with E-state index in [1.807, 2.05) is 25.1 Å². The molecule has 0 radical (unpaired) electrons. The number of aryl methyl sites for hydroxylation is 1. The van der Waals surface area contributed by atoms with Crippen LogP contribution in [-0.4, -0.2) is 32.8 Å². The predicted octanol–water partition coefficient (Wildman–Crippen LogP) is 3.05. The number of hydrogen-bond acceptors (Lipinski definition) is 4. The predicted molar refractivity (Wildman–Crippen MR) is 101 cm³/mol. The van der Waals surface area contributed by atoms with E-state index in [1.54, 1.807) is 42.3 Å². The first-order valence-corrected chi connectivity index (χ1v) is 8.69. The fourth-order valence-electron chi connectivity index (χ4n) is 2.75. The molecule has 6 nitrogen and oxygen atoms in total. The third-order valence-corrected chi connectivity index (χ3v) is 4.71. The van der Waals surface area contributed by atoms with Crippen LogP contribution in [0, 0.1) is 0 Å². The second-order valence-electron chi connectivity index (χ2n) is 6.12. The highest BCUT2D eigenvalue weighted by atomic mass is 35.5. The number of hydrogen-bond donors (Lipinski definition) is 0. The van der Waals surface area contributed by atoms with E-state index < -0.39 is 0 Å². The summed E-state index contributed by atoms with van der Waals surface area (Å²) in [5.74, 6) is -0.0839. The fourth-order valence-corrected chi connectivity index (χ4v) is 2.95. The molecule has 1 aromatic heterocycles. The number of carbonyl (C=O) groups is 1. The Hall–Kier alpha value is -2.73. The number of aromatic nitrogens is 3. The lowest BCUT2D eigenvalue weighted by Crippen LogP contribution is -2.32. The van der Waals surface area contributed by atoms with Crippen molar-refractivity contribution in [1.29, 1.82) is 0 Å². The lowest BCUT2D eigenvalue weighted by Gasteiger charge is -2.25. The van der Waals surface area contributed by atoms with Crippen molar-refractivity contribution in [2.75, 3.05) is 7.05 Å². The first-order chi connectivity index (χ1) is 12.5. The number of nitrogens with zero attached hydrogens (tertiary/aromatic N) is 4. The monoisotopic (exact) mass is 370 g/mol. The van der Waals surface area contributed by atoms with Gasteiger partial charge in [0.2, 0.25) is 5.91 Å². The third-order valence-electron chi connectivity index (χ3n) is 4.47. The van der Waals surface area contributed by atoms with Crippen LogP contribution in [0.5, 0.6) is 0 Å². The van der Waals surface area contributed by atoms with Gasteiger partial charge < -0.3 is 4.90 Å². The van der Waals surface area contributed by atoms with E-state index in [0.29, 0.717) is 15.9 Å². The molecule has 2 aromatic carbocycles. The van der Waals surface area contributed by atoms with Crippen molar-refractivity contribution in [2.45, 2.75) is 25.9 Å². The molecule has 0 fully saturated rings. The molecule has 0 aliphatic carbocycles. The molecule has 1 heterocycles. The van der Waals surface area contributed by atoms with E-state index in [-0.39, 0.29) is 30.5 Å². The Kier molecular flexibility index (Phi) is 5.32. The van der Waals surface area contributed by atoms with Crippen LogP contribution in [-0.2, 0) is 11.3 Å². The second-order valence-corrected chi connectivity index (χ2v) is 6.56. The molecule has 3 rings (SSSR count). The summed E-state index contributed by atoms with van der Waals surface area (Å²) in [6, 6.07) is 14.3. The van der Waals surface area contributed by atoms with Gasteiger partial charge in [-0.1, -0.05) is 41.1 Å². The SMILES string of the molecule is CC(c1cccc(Cl)c1)N(C)C(=O)CCn1nnc2ccccc2c1=O. The lowest BCUT2D eigenvalue weighted by molar-refractivity contribution is -0.132. The van der Waals surface area contributed by atoms with Crippen molar-refractivity contribution in [3.8, 4) is 0 Å². The molecule has 0 N–H and O–H groups in total. The summed E-state index contributed by atoms with van der Waals surface area (Å²) in [6.07, 6.45) is 0.161. The molecule has 7 heteroatoms. The standard InChI is InChI=1S/C19H19ClN4O2/c1-13(14-6-5-7-15(20)12-14)23(2)18(25)10-11-24-19(26)16-8-3-4-9-17(16)21-22-24/h3-9,12-13H,10-11H2,1-2H3. The molecule has 134 valence electrons. The Morgan fingerprint density at radius 2 is 2.00 bits per heavy atom. The Balaban J connectivity index is 1.70. The van der Waals surface area contributed by atoms with Gasteiger partial charge in [0.1, 0.15) is 5.52 Å². The zero-order chi connectivity index (χ0) is 18.7. The van der Waals surface area contributed by atoms with Crippen molar-refractivity contribution in [1.82, 2.24) is 19.9 Å². The third kappa shape index (κ3) is 3.75. The molecular formula is C19H19ClN4O2. The van der Waals surface area contributed by atoms with Crippen LogP contribution in [0.15, 0.2) is 53.3 Å². The molecule has 0 saturated carbocycles. The summed E-state index contributed by atoms with van der Waals surface area (Å²) in [7, 11) is 1.74. The van der Waals surface area contributed by atoms with Gasteiger partial charge in [-0.25, -0.2) is 4.68 Å². The molecule has 0 bridgehead atoms. The Bertz CT molecular complexity index is 1000. The average Bonchev–Trinajstić information content (AvgIpc) is 2.66. The molecule has 1 amide bonds. The van der Waals surface area contributed by atoms with Gasteiger partial charge in [0, 0.05) is 18.5 Å². The molecular weight excluding hydrogens is 352 g/mol. The molecule has 1 unspecified atom stereocenters. The molecule has 0 aliphatic rings. The number of carbonyl (C=O) groups excluding carboxylic acids is 1. The van der Waals surface area contributed by atoms with E-state index in [2.05, 4.69) is 10.3 Å². The van der Waals surface area contributed by atoms with Crippen LogP contribution in [0.1, 0.15) is 24.9 Å². The van der Waals surface area contributed by atoms with Gasteiger partial charge >= 0.3 is 0 Å². The number of fused-ring (bicyclic) bond motifs is 1. The highest BCUT2D eigenvalue weighted by Gasteiger charge is 2.18. The minimum atomic E-state index is -0.242. The molecule has 0 saturated heterocycles. The Morgan fingerprint density at radius 1 is 1.23 bits per heavy atom. The van der Waals surface area contributed by atoms with Crippen LogP contribution < -0.4 is 5.56 Å². The number of amides is 1. The minimum absolute atomic E-state index is 0.0839. The highest BCUT2D eigenvalue weighted by molar-refractivity contribution is 6.30. The quantitative estimate of drug-likeness (QED) is 0.692. The molecule has 3 aromatic rings. The summed E-state index contributed by atoms with van der Waals surface area (Å²) >= 11 is 6.02. The van der Waals surface area contributed by atoms with Crippen molar-refractivity contribution in [3.05, 3.63) is 69.5 Å². The minimum Gasteiger partial charge on any atom is -0.339 e. The second kappa shape index (κ2) is 7.66. The van der Waals surface area contributed by atoms with Gasteiger partial charge in [-0.3, -0.25) is 9.59 Å². The topological polar surface area (TPSA) is 68.1 Å². The van der Waals surface area contributed by atoms with E-state index in [1.165, 1.54) is 4.68 Å². The van der Waals surface area contributed by atoms with Crippen molar-refractivity contribution in [3.63, 3.8) is 0 Å². The van der Waals surface area contributed by atoms with Gasteiger partial charge in [0.05, 0.1) is 18.0 Å². The Morgan fingerprint density at radius 3 is 2.77 bits per heavy atom. The van der Waals surface area contributed by atoms with E-state index in [9.17, 15) is 9.59 Å². The molecule has 1 atom stereocenters. The average molecular weight is 371 g/mol. The summed E-state index contributed by atoms with van der Waals surface area (Å²) < 4.78 is 1.23. The summed E-state index contributed by atoms with van der Waals surface area (Å²) in [4.78, 5) is 26.6. The number of halogens is 1. The summed E-state index contributed by atoms with van der Waals surface area (Å²) in [5.41, 5.74) is 1.26. The molecule has 26 heavy (non-hydrogen) atoms. The van der Waals surface area contributed by atoms with Crippen LogP contribution >= 0.6 is 11.6 Å². The van der Waals surface area contributed by atoms with Crippen LogP contribution in [0.4, 0.5) is 0 Å². The zero-order valence-electron chi connectivity index (χ0n) is 14.6. The van der Waals surface area contributed by atoms with Crippen molar-refractivity contribution < 1.29 is 4.79 Å². The van der Waals surface area contributed by atoms with Crippen LogP contribution in [0.2, 0.25) is 5.02 Å². The molecule has 0 aliphatic heterocycles. The van der Waals surface area contributed by atoms with Crippen molar-refractivity contribution >= 4 is 28.4 Å². The van der Waals surface area contributed by atoms with Gasteiger partial charge in [-0.15, -0.1) is 5.10 Å². The maximum Gasteiger partial charge on any atom is 0.277 e. The lowest BCUT2D eigenvalue weighted by atomic mass is 10.1. The number of rotatable bonds is 5. The maximum atomic E-state index is 12.5. The maximum absolute atomic E-state index is 12.5. The van der Waals surface area contributed by atoms with Gasteiger partial charge in [0.25, 0.3) is 5.56 Å². The van der Waals surface area contributed by atoms with Gasteiger partial charge in [-0.05, 0) is 36.8 Å². The van der Waals surface area contributed by atoms with E-state index in [4.69, 9.17) is 11.6 Å². The highest BCUT2D eigenvalue weighted by Crippen LogP contribution is 2.22. The summed E-state index contributed by atoms with van der Waals surface area (Å²) in [6.45, 7) is 2.12. The number of benzene rings is 2. The smallest absolute Gasteiger partial charge is 0.277 e. The van der Waals surface area contributed by atoms with E-state index in [0.717, 1.165) is 5.56 Å². The largest absolute Gasteiger partial charge is 0.339 e. The normalized spacial score (nSPS) is 12.1. The van der Waals surface area contributed by atoms with Crippen molar-refractivity contribution in [2.24, 2.45) is 0 Å². The zero-order valence-corrected chi connectivity index (χ0v) is 15.3. The summed E-state index contributed by atoms with van der Waals surface area (Å²) in [5, 5.41) is 9.08.